The molecule has 0 spiro atoms. The third kappa shape index (κ3) is 5.69. The van der Waals surface area contributed by atoms with E-state index in [0.29, 0.717) is 6.07 Å². The Morgan fingerprint density at radius 2 is 1.91 bits per heavy atom. The van der Waals surface area contributed by atoms with E-state index in [4.69, 9.17) is 4.78 Å². The number of halogens is 5. The number of carbonyl (C=O) groups is 1. The molecule has 2 heterocycles. The minimum atomic E-state index is -4.87. The second kappa shape index (κ2) is 8.60. The van der Waals surface area contributed by atoms with Gasteiger partial charge in [0.15, 0.2) is 11.5 Å². The van der Waals surface area contributed by atoms with Crippen molar-refractivity contribution in [1.82, 2.24) is 10.2 Å². The van der Waals surface area contributed by atoms with Gasteiger partial charge in [-0.15, -0.1) is 10.2 Å². The third-order valence-electron chi connectivity index (χ3n) is 4.87. The average molecular weight is 477 g/mol. The minimum absolute atomic E-state index is 0.0627. The van der Waals surface area contributed by atoms with Crippen LogP contribution < -0.4 is 10.2 Å². The second-order valence-electron chi connectivity index (χ2n) is 7.49. The number of alkyl halides is 5. The van der Waals surface area contributed by atoms with E-state index < -0.39 is 45.4 Å². The Morgan fingerprint density at radius 1 is 1.19 bits per heavy atom. The molecule has 0 bridgehead atoms. The number of aromatic nitrogens is 2. The summed E-state index contributed by atoms with van der Waals surface area (Å²) in [5.74, 6) is -4.12. The Bertz CT molecular complexity index is 1120. The minimum Gasteiger partial charge on any atom is -0.354 e. The van der Waals surface area contributed by atoms with Crippen molar-refractivity contribution in [1.29, 1.82) is 4.78 Å². The van der Waals surface area contributed by atoms with E-state index in [9.17, 15) is 31.0 Å². The maximum Gasteiger partial charge on any atom is 0.435 e. The number of benzene rings is 1. The molecule has 2 N–H and O–H groups in total. The van der Waals surface area contributed by atoms with Crippen molar-refractivity contribution in [2.24, 2.45) is 0 Å². The highest BCUT2D eigenvalue weighted by atomic mass is 32.2. The van der Waals surface area contributed by atoms with Gasteiger partial charge in [-0.3, -0.25) is 4.79 Å². The lowest BCUT2D eigenvalue weighted by molar-refractivity contribution is -0.141. The van der Waals surface area contributed by atoms with Gasteiger partial charge in [0.25, 0.3) is 5.91 Å². The van der Waals surface area contributed by atoms with Crippen LogP contribution in [0.15, 0.2) is 35.2 Å². The first-order chi connectivity index (χ1) is 14.8. The molecular formula is C19H20F5N5O2S. The van der Waals surface area contributed by atoms with Crippen molar-refractivity contribution < 1.29 is 31.0 Å². The predicted molar refractivity (Wildman–Crippen MR) is 107 cm³/mol. The van der Waals surface area contributed by atoms with Crippen molar-refractivity contribution >= 4 is 27.1 Å². The topological polar surface area (TPSA) is 99.0 Å². The summed E-state index contributed by atoms with van der Waals surface area (Å²) in [6.07, 6.45) is -4.54. The molecule has 1 amide bonds. The summed E-state index contributed by atoms with van der Waals surface area (Å²) in [6.45, 7) is -0.137. The van der Waals surface area contributed by atoms with Crippen molar-refractivity contribution in [3.63, 3.8) is 0 Å². The number of nitrogens with one attached hydrogen (secondary N) is 2. The molecule has 1 aromatic carbocycles. The van der Waals surface area contributed by atoms with Crippen LogP contribution in [0.2, 0.25) is 0 Å². The largest absolute Gasteiger partial charge is 0.435 e. The molecule has 1 aliphatic rings. The van der Waals surface area contributed by atoms with Gasteiger partial charge < -0.3 is 10.2 Å². The molecule has 7 nitrogen and oxygen atoms in total. The van der Waals surface area contributed by atoms with Crippen molar-refractivity contribution in [2.45, 2.75) is 36.3 Å². The van der Waals surface area contributed by atoms with Crippen molar-refractivity contribution in [2.75, 3.05) is 29.6 Å². The van der Waals surface area contributed by atoms with E-state index in [2.05, 4.69) is 15.5 Å². The summed E-state index contributed by atoms with van der Waals surface area (Å²) in [7, 11) is -3.09. The van der Waals surface area contributed by atoms with E-state index in [1.165, 1.54) is 35.4 Å². The van der Waals surface area contributed by atoms with Crippen molar-refractivity contribution in [3.05, 3.63) is 41.6 Å². The molecule has 1 saturated heterocycles. The molecule has 3 rings (SSSR count). The number of hydrogen-bond donors (Lipinski definition) is 2. The van der Waals surface area contributed by atoms with Gasteiger partial charge >= 0.3 is 6.18 Å². The van der Waals surface area contributed by atoms with Crippen molar-refractivity contribution in [3.8, 4) is 0 Å². The normalized spacial score (nSPS) is 18.5. The number of carbonyl (C=O) groups excluding carboxylic acids is 1. The van der Waals surface area contributed by atoms with Crippen LogP contribution in [0, 0.1) is 4.78 Å². The van der Waals surface area contributed by atoms with Crippen LogP contribution in [-0.2, 0) is 15.9 Å². The third-order valence-corrected chi connectivity index (χ3v) is 6.02. The van der Waals surface area contributed by atoms with E-state index in [-0.39, 0.29) is 42.3 Å². The number of hydrogen-bond acceptors (Lipinski definition) is 6. The van der Waals surface area contributed by atoms with E-state index in [1.54, 1.807) is 0 Å². The Morgan fingerprint density at radius 3 is 2.56 bits per heavy atom. The van der Waals surface area contributed by atoms with Gasteiger partial charge in [-0.05, 0) is 30.7 Å². The van der Waals surface area contributed by atoms with Gasteiger partial charge in [-0.1, -0.05) is 6.07 Å². The Balaban J connectivity index is 1.98. The molecule has 0 radical (unpaired) electrons. The Hall–Kier alpha value is -2.83. The Kier molecular flexibility index (Phi) is 6.40. The van der Waals surface area contributed by atoms with Gasteiger partial charge in [0.1, 0.15) is 0 Å². The lowest BCUT2D eigenvalue weighted by Crippen LogP contribution is -2.30. The maximum atomic E-state index is 13.7. The highest BCUT2D eigenvalue weighted by Crippen LogP contribution is 2.33. The SMILES string of the molecule is C[S@](=N)(=O)c1cccc(NC(=O)c2cc(C(F)(F)F)nnc2N2CCCC(F)(F)CC2)c1. The smallest absolute Gasteiger partial charge is 0.354 e. The van der Waals surface area contributed by atoms with Gasteiger partial charge in [-0.25, -0.2) is 17.8 Å². The average Bonchev–Trinajstić information content (AvgIpc) is 2.87. The summed E-state index contributed by atoms with van der Waals surface area (Å²) < 4.78 is 86.6. The molecule has 2 aromatic rings. The maximum absolute atomic E-state index is 13.7. The fourth-order valence-corrected chi connectivity index (χ4v) is 3.90. The van der Waals surface area contributed by atoms with Gasteiger partial charge in [-0.2, -0.15) is 13.2 Å². The fraction of sp³-hybridized carbons (Fsp3) is 0.421. The number of anilines is 2. The van der Waals surface area contributed by atoms with Crippen LogP contribution in [0.5, 0.6) is 0 Å². The first-order valence-corrected chi connectivity index (χ1v) is 11.5. The summed E-state index contributed by atoms with van der Waals surface area (Å²) in [6, 6.07) is 6.07. The molecule has 1 aliphatic heterocycles. The van der Waals surface area contributed by atoms with Crippen LogP contribution in [0.4, 0.5) is 33.5 Å². The second-order valence-corrected chi connectivity index (χ2v) is 9.65. The van der Waals surface area contributed by atoms with E-state index >= 15 is 0 Å². The fourth-order valence-electron chi connectivity index (χ4n) is 3.21. The first kappa shape index (κ1) is 23.8. The van der Waals surface area contributed by atoms with E-state index in [1.807, 2.05) is 0 Å². The summed E-state index contributed by atoms with van der Waals surface area (Å²) in [5.41, 5.74) is -1.78. The number of nitrogens with zero attached hydrogens (tertiary/aromatic N) is 3. The first-order valence-electron chi connectivity index (χ1n) is 9.49. The van der Waals surface area contributed by atoms with Crippen LogP contribution >= 0.6 is 0 Å². The van der Waals surface area contributed by atoms with Crippen LogP contribution in [0.1, 0.15) is 35.3 Å². The number of amides is 1. The molecule has 1 atom stereocenters. The van der Waals surface area contributed by atoms with Gasteiger partial charge in [0, 0.05) is 42.8 Å². The molecule has 32 heavy (non-hydrogen) atoms. The molecule has 1 fully saturated rings. The number of rotatable bonds is 4. The van der Waals surface area contributed by atoms with Gasteiger partial charge in [0.2, 0.25) is 5.92 Å². The zero-order valence-corrected chi connectivity index (χ0v) is 17.7. The highest BCUT2D eigenvalue weighted by molar-refractivity contribution is 7.91. The molecule has 0 unspecified atom stereocenters. The quantitative estimate of drug-likeness (QED) is 0.636. The summed E-state index contributed by atoms with van der Waals surface area (Å²) in [4.78, 5) is 14.3. The zero-order valence-electron chi connectivity index (χ0n) is 16.9. The standard InChI is InChI=1S/C19H20F5N5O2S/c1-32(25,31)13-5-2-4-12(10-13)26-17(30)14-11-15(19(22,23)24)27-28-16(14)29-8-3-6-18(20,21)7-9-29/h2,4-5,10-11,25H,3,6-9H2,1H3,(H,26,30)/t32-/m0/s1. The molecule has 13 heteroatoms. The molecular weight excluding hydrogens is 457 g/mol. The monoisotopic (exact) mass is 477 g/mol. The lowest BCUT2D eigenvalue weighted by atomic mass is 10.1. The predicted octanol–water partition coefficient (Wildman–Crippen LogP) is 4.41. The molecule has 0 saturated carbocycles. The molecule has 0 aliphatic carbocycles. The molecule has 174 valence electrons. The lowest BCUT2D eigenvalue weighted by Gasteiger charge is -2.24. The summed E-state index contributed by atoms with van der Waals surface area (Å²) >= 11 is 0. The van der Waals surface area contributed by atoms with Crippen LogP contribution in [0.3, 0.4) is 0 Å². The van der Waals surface area contributed by atoms with Gasteiger partial charge in [0.05, 0.1) is 15.3 Å². The zero-order chi connectivity index (χ0) is 23.7. The Labute approximate surface area is 181 Å². The highest BCUT2D eigenvalue weighted by Gasteiger charge is 2.37. The van der Waals surface area contributed by atoms with Crippen LogP contribution in [-0.4, -0.2) is 45.6 Å². The summed E-state index contributed by atoms with van der Waals surface area (Å²) in [5, 5.41) is 9.10. The molecule has 1 aromatic heterocycles. The van der Waals surface area contributed by atoms with Crippen LogP contribution in [0.25, 0.3) is 0 Å². The van der Waals surface area contributed by atoms with E-state index in [0.717, 1.165) is 0 Å².